The molecule has 0 bridgehead atoms. The van der Waals surface area contributed by atoms with Crippen LogP contribution >= 0.6 is 0 Å². The number of methoxy groups -OCH3 is 2. The van der Waals surface area contributed by atoms with E-state index in [4.69, 9.17) is 9.47 Å². The molecule has 1 aromatic rings. The monoisotopic (exact) mass is 304 g/mol. The van der Waals surface area contributed by atoms with Crippen LogP contribution < -0.4 is 4.74 Å². The highest BCUT2D eigenvalue weighted by atomic mass is 16.5. The van der Waals surface area contributed by atoms with Gasteiger partial charge in [-0.1, -0.05) is 19.3 Å². The molecule has 22 heavy (non-hydrogen) atoms. The molecule has 1 fully saturated rings. The summed E-state index contributed by atoms with van der Waals surface area (Å²) in [6.45, 7) is 1.55. The zero-order valence-electron chi connectivity index (χ0n) is 13.6. The Morgan fingerprint density at radius 1 is 1.14 bits per heavy atom. The van der Waals surface area contributed by atoms with Gasteiger partial charge in [0.05, 0.1) is 19.8 Å². The third-order valence-corrected chi connectivity index (χ3v) is 4.30. The van der Waals surface area contributed by atoms with E-state index in [-0.39, 0.29) is 18.2 Å². The van der Waals surface area contributed by atoms with Gasteiger partial charge in [0.2, 0.25) is 0 Å². The van der Waals surface area contributed by atoms with Crippen LogP contribution in [0.4, 0.5) is 0 Å². The lowest BCUT2D eigenvalue weighted by atomic mass is 9.82. The first-order valence-electron chi connectivity index (χ1n) is 7.85. The second-order valence-electron chi connectivity index (χ2n) is 5.96. The van der Waals surface area contributed by atoms with E-state index in [1.807, 2.05) is 6.07 Å². The second-order valence-corrected chi connectivity index (χ2v) is 5.96. The Balaban J connectivity index is 2.51. The van der Waals surface area contributed by atoms with E-state index in [0.29, 0.717) is 11.5 Å². The summed E-state index contributed by atoms with van der Waals surface area (Å²) in [5.41, 5.74) is 2.32. The van der Waals surface area contributed by atoms with Crippen molar-refractivity contribution in [2.24, 2.45) is 0 Å². The number of benzene rings is 1. The summed E-state index contributed by atoms with van der Waals surface area (Å²) >= 11 is 0. The van der Waals surface area contributed by atoms with Gasteiger partial charge in [-0.15, -0.1) is 0 Å². The van der Waals surface area contributed by atoms with Crippen LogP contribution in [0.2, 0.25) is 0 Å². The molecule has 0 spiro atoms. The maximum absolute atomic E-state index is 11.9. The molecule has 0 saturated heterocycles. The number of Topliss-reactive ketones (excluding diaryl/α,β-unsaturated/α-hetero) is 1. The zero-order valence-corrected chi connectivity index (χ0v) is 13.6. The smallest absolute Gasteiger partial charge is 0.337 e. The Labute approximate surface area is 131 Å². The molecule has 4 nitrogen and oxygen atoms in total. The van der Waals surface area contributed by atoms with Crippen LogP contribution in [0.3, 0.4) is 0 Å². The summed E-state index contributed by atoms with van der Waals surface area (Å²) in [7, 11) is 3.00. The number of rotatable bonds is 5. The highest BCUT2D eigenvalue weighted by molar-refractivity contribution is 5.91. The van der Waals surface area contributed by atoms with Gasteiger partial charge in [0.25, 0.3) is 0 Å². The number of hydrogen-bond acceptors (Lipinski definition) is 4. The maximum atomic E-state index is 11.9. The van der Waals surface area contributed by atoms with Gasteiger partial charge in [-0.25, -0.2) is 4.79 Å². The molecule has 0 heterocycles. The highest BCUT2D eigenvalue weighted by Crippen LogP contribution is 2.40. The molecule has 1 aromatic carbocycles. The fraction of sp³-hybridized carbons (Fsp3) is 0.556. The Bertz CT molecular complexity index is 556. The minimum atomic E-state index is -0.371. The van der Waals surface area contributed by atoms with Gasteiger partial charge in [-0.2, -0.15) is 0 Å². The third kappa shape index (κ3) is 3.67. The predicted molar refractivity (Wildman–Crippen MR) is 84.5 cm³/mol. The molecule has 0 radical (unpaired) electrons. The first kappa shape index (κ1) is 16.5. The number of esters is 1. The SMILES string of the molecule is COC(=O)c1cc(CC(C)=O)c(OC)c(C2CCCCC2)c1. The second kappa shape index (κ2) is 7.43. The van der Waals surface area contributed by atoms with Crippen molar-refractivity contribution >= 4 is 11.8 Å². The van der Waals surface area contributed by atoms with E-state index >= 15 is 0 Å². The fourth-order valence-corrected chi connectivity index (χ4v) is 3.31. The summed E-state index contributed by atoms with van der Waals surface area (Å²) in [5.74, 6) is 0.827. The highest BCUT2D eigenvalue weighted by Gasteiger charge is 2.24. The molecule has 0 atom stereocenters. The van der Waals surface area contributed by atoms with Crippen molar-refractivity contribution in [3.8, 4) is 5.75 Å². The molecule has 1 saturated carbocycles. The van der Waals surface area contributed by atoms with Crippen LogP contribution in [0.15, 0.2) is 12.1 Å². The Morgan fingerprint density at radius 2 is 1.82 bits per heavy atom. The zero-order chi connectivity index (χ0) is 16.1. The maximum Gasteiger partial charge on any atom is 0.337 e. The number of ketones is 1. The quantitative estimate of drug-likeness (QED) is 0.779. The average Bonchev–Trinajstić information content (AvgIpc) is 2.53. The number of carbonyl (C=O) groups excluding carboxylic acids is 2. The van der Waals surface area contributed by atoms with Gasteiger partial charge in [-0.05, 0) is 43.4 Å². The van der Waals surface area contributed by atoms with Crippen molar-refractivity contribution < 1.29 is 19.1 Å². The Kier molecular flexibility index (Phi) is 5.58. The van der Waals surface area contributed by atoms with Gasteiger partial charge in [0, 0.05) is 12.0 Å². The number of hydrogen-bond donors (Lipinski definition) is 0. The van der Waals surface area contributed by atoms with Crippen LogP contribution in [0.1, 0.15) is 66.4 Å². The van der Waals surface area contributed by atoms with Gasteiger partial charge in [-0.3, -0.25) is 4.79 Å². The lowest BCUT2D eigenvalue weighted by Crippen LogP contribution is -2.12. The predicted octanol–water partition coefficient (Wildman–Crippen LogP) is 3.66. The van der Waals surface area contributed by atoms with E-state index in [0.717, 1.165) is 29.7 Å². The molecule has 120 valence electrons. The fourth-order valence-electron chi connectivity index (χ4n) is 3.31. The normalized spacial score (nSPS) is 15.4. The van der Waals surface area contributed by atoms with E-state index in [1.54, 1.807) is 20.1 Å². The molecule has 2 rings (SSSR count). The van der Waals surface area contributed by atoms with Crippen LogP contribution in [0.5, 0.6) is 5.75 Å². The van der Waals surface area contributed by atoms with Crippen molar-refractivity contribution in [2.45, 2.75) is 51.4 Å². The van der Waals surface area contributed by atoms with Crippen molar-refractivity contribution in [1.82, 2.24) is 0 Å². The Hall–Kier alpha value is -1.84. The third-order valence-electron chi connectivity index (χ3n) is 4.30. The first-order valence-corrected chi connectivity index (χ1v) is 7.85. The summed E-state index contributed by atoms with van der Waals surface area (Å²) < 4.78 is 10.4. The molecule has 0 amide bonds. The molecule has 0 unspecified atom stereocenters. The van der Waals surface area contributed by atoms with Gasteiger partial charge in [0.15, 0.2) is 0 Å². The van der Waals surface area contributed by atoms with Crippen LogP contribution in [0, 0.1) is 0 Å². The standard InChI is InChI=1S/C18H24O4/c1-12(19)9-14-10-15(18(20)22-3)11-16(17(14)21-2)13-7-5-4-6-8-13/h10-11,13H,4-9H2,1-3H3. The van der Waals surface area contributed by atoms with E-state index in [1.165, 1.54) is 26.4 Å². The molecule has 4 heteroatoms. The molecular weight excluding hydrogens is 280 g/mol. The van der Waals surface area contributed by atoms with Gasteiger partial charge < -0.3 is 9.47 Å². The van der Waals surface area contributed by atoms with Crippen LogP contribution in [-0.2, 0) is 16.0 Å². The molecule has 1 aliphatic rings. The lowest BCUT2D eigenvalue weighted by molar-refractivity contribution is -0.116. The molecular formula is C18H24O4. The summed E-state index contributed by atoms with van der Waals surface area (Å²) in [6, 6.07) is 3.60. The lowest BCUT2D eigenvalue weighted by Gasteiger charge is -2.25. The molecule has 1 aliphatic carbocycles. The van der Waals surface area contributed by atoms with Gasteiger partial charge in [0.1, 0.15) is 11.5 Å². The number of ether oxygens (including phenoxy) is 2. The van der Waals surface area contributed by atoms with Gasteiger partial charge >= 0.3 is 5.97 Å². The minimum absolute atomic E-state index is 0.0508. The van der Waals surface area contributed by atoms with E-state index < -0.39 is 0 Å². The van der Waals surface area contributed by atoms with Crippen molar-refractivity contribution in [3.63, 3.8) is 0 Å². The Morgan fingerprint density at radius 3 is 2.36 bits per heavy atom. The largest absolute Gasteiger partial charge is 0.496 e. The molecule has 0 aromatic heterocycles. The van der Waals surface area contributed by atoms with Crippen molar-refractivity contribution in [1.29, 1.82) is 0 Å². The average molecular weight is 304 g/mol. The summed E-state index contributed by atoms with van der Waals surface area (Å²) in [5, 5.41) is 0. The van der Waals surface area contributed by atoms with Crippen molar-refractivity contribution in [2.75, 3.05) is 14.2 Å². The van der Waals surface area contributed by atoms with Crippen LogP contribution in [0.25, 0.3) is 0 Å². The first-order chi connectivity index (χ1) is 10.6. The molecule has 0 aliphatic heterocycles. The van der Waals surface area contributed by atoms with Crippen LogP contribution in [-0.4, -0.2) is 26.0 Å². The summed E-state index contributed by atoms with van der Waals surface area (Å²) in [4.78, 5) is 23.5. The van der Waals surface area contributed by atoms with Crippen molar-refractivity contribution in [3.05, 3.63) is 28.8 Å². The molecule has 0 N–H and O–H groups in total. The minimum Gasteiger partial charge on any atom is -0.496 e. The van der Waals surface area contributed by atoms with E-state index in [9.17, 15) is 9.59 Å². The van der Waals surface area contributed by atoms with E-state index in [2.05, 4.69) is 0 Å². The summed E-state index contributed by atoms with van der Waals surface area (Å²) in [6.07, 6.45) is 6.11. The topological polar surface area (TPSA) is 52.6 Å². The number of carbonyl (C=O) groups is 2.